The van der Waals surface area contributed by atoms with E-state index in [4.69, 9.17) is 4.74 Å². The minimum Gasteiger partial charge on any atom is -0.496 e. The van der Waals surface area contributed by atoms with Crippen molar-refractivity contribution in [3.05, 3.63) is 130 Å². The molecule has 0 spiro atoms. The molecule has 0 saturated heterocycles. The molecule has 5 aromatic rings. The predicted molar refractivity (Wildman–Crippen MR) is 165 cm³/mol. The molecule has 2 N–H and O–H groups in total. The van der Waals surface area contributed by atoms with Crippen LogP contribution in [0.25, 0.3) is 11.3 Å². The van der Waals surface area contributed by atoms with E-state index in [9.17, 15) is 19.7 Å². The van der Waals surface area contributed by atoms with Gasteiger partial charge in [0, 0.05) is 39.2 Å². The van der Waals surface area contributed by atoms with Crippen LogP contribution in [0.4, 0.5) is 16.5 Å². The third kappa shape index (κ3) is 6.82. The second-order valence-electron chi connectivity index (χ2n) is 8.93. The van der Waals surface area contributed by atoms with Crippen LogP contribution in [-0.2, 0) is 4.79 Å². The van der Waals surface area contributed by atoms with Gasteiger partial charge >= 0.3 is 0 Å². The van der Waals surface area contributed by atoms with E-state index in [1.165, 1.54) is 47.4 Å². The number of amides is 2. The normalized spacial score (nSPS) is 11.4. The van der Waals surface area contributed by atoms with Gasteiger partial charge in [-0.3, -0.25) is 19.7 Å². The largest absolute Gasteiger partial charge is 0.496 e. The zero-order valence-electron chi connectivity index (χ0n) is 22.2. The van der Waals surface area contributed by atoms with Crippen LogP contribution in [0.15, 0.2) is 113 Å². The third-order valence-electron chi connectivity index (χ3n) is 6.12. The van der Waals surface area contributed by atoms with Crippen molar-refractivity contribution in [2.24, 2.45) is 0 Å². The van der Waals surface area contributed by atoms with E-state index in [0.29, 0.717) is 22.3 Å². The first-order chi connectivity index (χ1) is 20.4. The number of carbonyl (C=O) groups excluding carboxylic acids is 2. The number of thioether (sulfide) groups is 1. The number of nitrogens with one attached hydrogen (secondary N) is 2. The Kier molecular flexibility index (Phi) is 8.90. The lowest BCUT2D eigenvalue weighted by molar-refractivity contribution is -0.384. The number of anilines is 2. The van der Waals surface area contributed by atoms with Crippen molar-refractivity contribution in [3.63, 3.8) is 0 Å². The van der Waals surface area contributed by atoms with E-state index in [1.807, 2.05) is 66.0 Å². The molecule has 0 saturated carbocycles. The van der Waals surface area contributed by atoms with Gasteiger partial charge in [0.25, 0.3) is 11.6 Å². The molecule has 0 aliphatic rings. The Balaban J connectivity index is 1.34. The Hall–Kier alpha value is -5.00. The van der Waals surface area contributed by atoms with Gasteiger partial charge in [-0.15, -0.1) is 23.1 Å². The number of methoxy groups -OCH3 is 1. The second kappa shape index (κ2) is 13.1. The summed E-state index contributed by atoms with van der Waals surface area (Å²) in [4.78, 5) is 42.3. The number of thiazole rings is 1. The highest BCUT2D eigenvalue weighted by molar-refractivity contribution is 8.00. The maximum atomic E-state index is 13.6. The summed E-state index contributed by atoms with van der Waals surface area (Å²) >= 11 is 2.65. The van der Waals surface area contributed by atoms with Gasteiger partial charge in [-0.05, 0) is 42.0 Å². The Morgan fingerprint density at radius 2 is 1.69 bits per heavy atom. The smallest absolute Gasteiger partial charge is 0.270 e. The molecule has 0 aliphatic carbocycles. The van der Waals surface area contributed by atoms with Crippen LogP contribution < -0.4 is 15.4 Å². The van der Waals surface area contributed by atoms with Crippen molar-refractivity contribution in [2.75, 3.05) is 17.7 Å². The lowest BCUT2D eigenvalue weighted by atomic mass is 10.1. The van der Waals surface area contributed by atoms with Crippen molar-refractivity contribution in [2.45, 2.75) is 10.1 Å². The number of aromatic nitrogens is 1. The minimum atomic E-state index is -0.618. The van der Waals surface area contributed by atoms with Crippen LogP contribution in [-0.4, -0.2) is 28.8 Å². The number of hydrogen-bond acceptors (Lipinski definition) is 8. The molecule has 0 radical (unpaired) electrons. The highest BCUT2D eigenvalue weighted by Gasteiger charge is 2.24. The number of nitro benzene ring substituents is 1. The number of hydrogen-bond donors (Lipinski definition) is 2. The first-order valence-electron chi connectivity index (χ1n) is 12.7. The van der Waals surface area contributed by atoms with E-state index in [0.717, 1.165) is 16.0 Å². The molecule has 42 heavy (non-hydrogen) atoms. The summed E-state index contributed by atoms with van der Waals surface area (Å²) in [6.07, 6.45) is 0. The summed E-state index contributed by atoms with van der Waals surface area (Å²) in [7, 11) is 1.60. The summed E-state index contributed by atoms with van der Waals surface area (Å²) in [6.45, 7) is 0. The molecule has 2 amide bonds. The van der Waals surface area contributed by atoms with Crippen molar-refractivity contribution in [3.8, 4) is 17.0 Å². The Labute approximate surface area is 249 Å². The fourth-order valence-corrected chi connectivity index (χ4v) is 5.93. The zero-order chi connectivity index (χ0) is 29.5. The van der Waals surface area contributed by atoms with Gasteiger partial charge in [0.1, 0.15) is 11.0 Å². The van der Waals surface area contributed by atoms with Gasteiger partial charge in [0.15, 0.2) is 5.13 Å². The number of ether oxygens (including phenoxy) is 1. The first-order valence-corrected chi connectivity index (χ1v) is 14.4. The minimum absolute atomic E-state index is 0.166. The molecule has 1 aromatic heterocycles. The number of non-ortho nitro benzene ring substituents is 1. The molecule has 4 aromatic carbocycles. The predicted octanol–water partition coefficient (Wildman–Crippen LogP) is 7.45. The molecular formula is C31H24N4O5S2. The molecule has 0 bridgehead atoms. The summed E-state index contributed by atoms with van der Waals surface area (Å²) in [5, 5.41) is 18.5. The molecule has 9 nitrogen and oxygen atoms in total. The number of rotatable bonds is 10. The van der Waals surface area contributed by atoms with E-state index in [-0.39, 0.29) is 17.2 Å². The summed E-state index contributed by atoms with van der Waals surface area (Å²) < 4.78 is 5.45. The molecule has 1 heterocycles. The van der Waals surface area contributed by atoms with Gasteiger partial charge in [-0.1, -0.05) is 54.6 Å². The maximum Gasteiger partial charge on any atom is 0.270 e. The van der Waals surface area contributed by atoms with Gasteiger partial charge < -0.3 is 15.4 Å². The van der Waals surface area contributed by atoms with E-state index in [2.05, 4.69) is 15.6 Å². The Bertz CT molecular complexity index is 1740. The van der Waals surface area contributed by atoms with Crippen LogP contribution in [0.2, 0.25) is 0 Å². The van der Waals surface area contributed by atoms with Crippen LogP contribution in [0.5, 0.6) is 5.75 Å². The number of carbonyl (C=O) groups is 2. The van der Waals surface area contributed by atoms with Crippen LogP contribution in [0, 0.1) is 10.1 Å². The third-order valence-corrected chi connectivity index (χ3v) is 8.13. The number of nitrogens with zero attached hydrogens (tertiary/aromatic N) is 2. The van der Waals surface area contributed by atoms with Crippen molar-refractivity contribution in [1.29, 1.82) is 0 Å². The Morgan fingerprint density at radius 1 is 0.929 bits per heavy atom. The molecular weight excluding hydrogens is 572 g/mol. The van der Waals surface area contributed by atoms with Gasteiger partial charge in [0.05, 0.1) is 17.7 Å². The molecule has 11 heteroatoms. The average molecular weight is 597 g/mol. The molecule has 1 atom stereocenters. The molecule has 210 valence electrons. The quantitative estimate of drug-likeness (QED) is 0.0975. The SMILES string of the molecule is COc1ccccc1-c1csc(NC(=O)C(Sc2cccc(NC(=O)c3cccc([N+](=O)[O-])c3)c2)c2ccccc2)n1. The fraction of sp³-hybridized carbons (Fsp3) is 0.0645. The number of benzene rings is 4. The van der Waals surface area contributed by atoms with Crippen molar-refractivity contribution in [1.82, 2.24) is 4.98 Å². The van der Waals surface area contributed by atoms with Crippen LogP contribution in [0.3, 0.4) is 0 Å². The molecule has 5 rings (SSSR count). The highest BCUT2D eigenvalue weighted by Crippen LogP contribution is 2.38. The van der Waals surface area contributed by atoms with E-state index in [1.54, 1.807) is 25.3 Å². The van der Waals surface area contributed by atoms with Crippen molar-refractivity contribution >= 4 is 51.4 Å². The summed E-state index contributed by atoms with van der Waals surface area (Å²) in [5.74, 6) is -0.0400. The standard InChI is InChI=1S/C31H24N4O5S2/c1-40-27-16-6-5-15-25(27)26-19-41-31(33-26)34-30(37)28(20-9-3-2-4-10-20)42-24-14-8-12-22(18-24)32-29(36)21-11-7-13-23(17-21)35(38)39/h2-19,28H,1H3,(H,32,36)(H,33,34,37). The van der Waals surface area contributed by atoms with Crippen LogP contribution in [0.1, 0.15) is 21.2 Å². The maximum absolute atomic E-state index is 13.6. The lowest BCUT2D eigenvalue weighted by Crippen LogP contribution is -2.19. The molecule has 0 fully saturated rings. The lowest BCUT2D eigenvalue weighted by Gasteiger charge is -2.17. The summed E-state index contributed by atoms with van der Waals surface area (Å²) in [5.41, 5.74) is 2.81. The van der Waals surface area contributed by atoms with Crippen LogP contribution >= 0.6 is 23.1 Å². The molecule has 0 aliphatic heterocycles. The number of para-hydroxylation sites is 1. The Morgan fingerprint density at radius 3 is 2.48 bits per heavy atom. The number of nitro groups is 1. The second-order valence-corrected chi connectivity index (χ2v) is 11.0. The van der Waals surface area contributed by atoms with E-state index >= 15 is 0 Å². The highest BCUT2D eigenvalue weighted by atomic mass is 32.2. The molecule has 1 unspecified atom stereocenters. The fourth-order valence-electron chi connectivity index (χ4n) is 4.13. The topological polar surface area (TPSA) is 123 Å². The van der Waals surface area contributed by atoms with Gasteiger partial charge in [-0.25, -0.2) is 4.98 Å². The van der Waals surface area contributed by atoms with Crippen molar-refractivity contribution < 1.29 is 19.2 Å². The average Bonchev–Trinajstić information content (AvgIpc) is 3.48. The van der Waals surface area contributed by atoms with E-state index < -0.39 is 16.1 Å². The van der Waals surface area contributed by atoms with Gasteiger partial charge in [-0.2, -0.15) is 0 Å². The van der Waals surface area contributed by atoms with Gasteiger partial charge in [0.2, 0.25) is 5.91 Å². The zero-order valence-corrected chi connectivity index (χ0v) is 23.9. The first kappa shape index (κ1) is 28.5. The monoisotopic (exact) mass is 596 g/mol. The summed E-state index contributed by atoms with van der Waals surface area (Å²) in [6, 6.07) is 29.5.